The van der Waals surface area contributed by atoms with Gasteiger partial charge >= 0.3 is 5.97 Å². The minimum absolute atomic E-state index is 0.182. The Hall–Kier alpha value is -1.33. The van der Waals surface area contributed by atoms with Crippen molar-refractivity contribution < 1.29 is 19.0 Å². The van der Waals surface area contributed by atoms with Gasteiger partial charge in [-0.3, -0.25) is 0 Å². The van der Waals surface area contributed by atoms with Crippen LogP contribution in [0.1, 0.15) is 26.7 Å². The summed E-state index contributed by atoms with van der Waals surface area (Å²) in [5, 5.41) is 0. The Bertz CT molecular complexity index is 338. The summed E-state index contributed by atoms with van der Waals surface area (Å²) in [6.45, 7) is 5.44. The number of esters is 1. The van der Waals surface area contributed by atoms with E-state index in [2.05, 4.69) is 0 Å². The van der Waals surface area contributed by atoms with Gasteiger partial charge in [-0.1, -0.05) is 19.1 Å². The van der Waals surface area contributed by atoms with E-state index in [1.807, 2.05) is 19.9 Å². The molecular weight excluding hydrogens is 246 g/mol. The van der Waals surface area contributed by atoms with Crippen LogP contribution in [0.25, 0.3) is 0 Å². The van der Waals surface area contributed by atoms with Crippen molar-refractivity contribution in [3.05, 3.63) is 23.9 Å². The maximum Gasteiger partial charge on any atom is 0.340 e. The first-order valence-corrected chi connectivity index (χ1v) is 6.67. The van der Waals surface area contributed by atoms with Crippen molar-refractivity contribution >= 4 is 5.97 Å². The molecule has 5 nitrogen and oxygen atoms in total. The van der Waals surface area contributed by atoms with E-state index in [9.17, 15) is 4.79 Å². The lowest BCUT2D eigenvalue weighted by molar-refractivity contribution is -0.161. The number of nitrogens with two attached hydrogens (primary N) is 1. The Balaban J connectivity index is 2.59. The highest BCUT2D eigenvalue weighted by atomic mass is 16.6. The Labute approximate surface area is 114 Å². The number of ether oxygens (including phenoxy) is 3. The quantitative estimate of drug-likeness (QED) is 0.476. The van der Waals surface area contributed by atoms with Gasteiger partial charge in [-0.05, 0) is 19.8 Å². The lowest BCUT2D eigenvalue weighted by Crippen LogP contribution is -2.37. The lowest BCUT2D eigenvalue weighted by Gasteiger charge is -2.26. The van der Waals surface area contributed by atoms with E-state index in [1.54, 1.807) is 6.08 Å². The van der Waals surface area contributed by atoms with E-state index in [0.717, 1.165) is 12.8 Å². The molecule has 0 saturated carbocycles. The average Bonchev–Trinajstić information content (AvgIpc) is 2.39. The van der Waals surface area contributed by atoms with Crippen LogP contribution >= 0.6 is 0 Å². The Kier molecular flexibility index (Phi) is 7.22. The zero-order valence-electron chi connectivity index (χ0n) is 11.6. The van der Waals surface area contributed by atoms with Crippen LogP contribution in [0.4, 0.5) is 0 Å². The third-order valence-corrected chi connectivity index (χ3v) is 2.83. The number of hydrogen-bond acceptors (Lipinski definition) is 5. The van der Waals surface area contributed by atoms with Gasteiger partial charge in [0.2, 0.25) is 0 Å². The molecule has 1 unspecified atom stereocenters. The molecule has 5 heteroatoms. The molecule has 1 heterocycles. The molecule has 108 valence electrons. The number of carbonyl (C=O) groups is 1. The zero-order valence-corrected chi connectivity index (χ0v) is 11.6. The fraction of sp³-hybridized carbons (Fsp3) is 0.643. The zero-order chi connectivity index (χ0) is 14.1. The van der Waals surface area contributed by atoms with Crippen LogP contribution in [0, 0.1) is 0 Å². The van der Waals surface area contributed by atoms with Crippen molar-refractivity contribution in [2.75, 3.05) is 19.8 Å². The molecule has 0 aromatic heterocycles. The summed E-state index contributed by atoms with van der Waals surface area (Å²) in [4.78, 5) is 12.0. The number of rotatable bonds is 4. The Morgan fingerprint density at radius 2 is 2.26 bits per heavy atom. The van der Waals surface area contributed by atoms with Crippen molar-refractivity contribution in [1.82, 2.24) is 0 Å². The normalized spacial score (nSPS) is 25.9. The van der Waals surface area contributed by atoms with Crippen LogP contribution in [0.15, 0.2) is 23.9 Å². The van der Waals surface area contributed by atoms with Gasteiger partial charge in [-0.2, -0.15) is 0 Å². The molecule has 0 bridgehead atoms. The average molecular weight is 269 g/mol. The molecule has 1 aliphatic heterocycles. The van der Waals surface area contributed by atoms with E-state index in [1.165, 1.54) is 6.20 Å². The van der Waals surface area contributed by atoms with Gasteiger partial charge in [0.05, 0.1) is 18.3 Å². The van der Waals surface area contributed by atoms with Gasteiger partial charge in [0.1, 0.15) is 0 Å². The van der Waals surface area contributed by atoms with Crippen molar-refractivity contribution in [2.24, 2.45) is 5.73 Å². The fourth-order valence-corrected chi connectivity index (χ4v) is 1.64. The highest BCUT2D eigenvalue weighted by Gasteiger charge is 2.25. The first-order chi connectivity index (χ1) is 9.19. The first kappa shape index (κ1) is 15.7. The molecule has 0 aliphatic carbocycles. The molecule has 0 spiro atoms. The SMILES string of the molecule is CC/C=C\C(=C/N)C(=O)O[C@@H]1COCCCOC1C. The van der Waals surface area contributed by atoms with Crippen LogP contribution in [-0.4, -0.2) is 38.0 Å². The van der Waals surface area contributed by atoms with E-state index >= 15 is 0 Å². The summed E-state index contributed by atoms with van der Waals surface area (Å²) in [6.07, 6.45) is 5.88. The Morgan fingerprint density at radius 3 is 2.95 bits per heavy atom. The molecule has 1 aliphatic rings. The van der Waals surface area contributed by atoms with Crippen LogP contribution in [-0.2, 0) is 19.0 Å². The van der Waals surface area contributed by atoms with Gasteiger partial charge in [-0.25, -0.2) is 4.79 Å². The summed E-state index contributed by atoms with van der Waals surface area (Å²) in [6, 6.07) is 0. The molecule has 1 rings (SSSR count). The van der Waals surface area contributed by atoms with E-state index in [4.69, 9.17) is 19.9 Å². The van der Waals surface area contributed by atoms with Gasteiger partial charge < -0.3 is 19.9 Å². The van der Waals surface area contributed by atoms with E-state index < -0.39 is 12.1 Å². The molecule has 0 aromatic carbocycles. The third kappa shape index (κ3) is 5.44. The molecule has 1 fully saturated rings. The topological polar surface area (TPSA) is 70.8 Å². The second kappa shape index (κ2) is 8.72. The largest absolute Gasteiger partial charge is 0.454 e. The van der Waals surface area contributed by atoms with Crippen LogP contribution in [0.3, 0.4) is 0 Å². The summed E-state index contributed by atoms with van der Waals surface area (Å²) in [7, 11) is 0. The smallest absolute Gasteiger partial charge is 0.340 e. The fourth-order valence-electron chi connectivity index (χ4n) is 1.64. The molecule has 0 radical (unpaired) electrons. The summed E-state index contributed by atoms with van der Waals surface area (Å²) in [5.74, 6) is -0.447. The molecule has 0 aromatic rings. The van der Waals surface area contributed by atoms with Crippen molar-refractivity contribution in [3.8, 4) is 0 Å². The Morgan fingerprint density at radius 1 is 1.47 bits per heavy atom. The van der Waals surface area contributed by atoms with E-state index in [0.29, 0.717) is 25.4 Å². The van der Waals surface area contributed by atoms with Crippen molar-refractivity contribution in [1.29, 1.82) is 0 Å². The molecule has 0 amide bonds. The van der Waals surface area contributed by atoms with Gasteiger partial charge in [0.15, 0.2) is 6.10 Å². The van der Waals surface area contributed by atoms with Crippen LogP contribution in [0.5, 0.6) is 0 Å². The third-order valence-electron chi connectivity index (χ3n) is 2.83. The number of hydrogen-bond donors (Lipinski definition) is 1. The standard InChI is InChI=1S/C14H23NO4/c1-3-4-6-12(9-15)14(16)19-13-10-17-7-5-8-18-11(13)2/h4,6,9,11,13H,3,5,7-8,10,15H2,1-2H3/b6-4-,12-9+/t11?,13-/m1/s1. The van der Waals surface area contributed by atoms with Gasteiger partial charge in [0.25, 0.3) is 0 Å². The summed E-state index contributed by atoms with van der Waals surface area (Å²) in [5.41, 5.74) is 5.78. The predicted octanol–water partition coefficient (Wildman–Crippen LogP) is 1.53. The molecule has 19 heavy (non-hydrogen) atoms. The maximum atomic E-state index is 12.0. The van der Waals surface area contributed by atoms with Gasteiger partial charge in [0, 0.05) is 19.4 Å². The number of allylic oxidation sites excluding steroid dienone is 1. The highest BCUT2D eigenvalue weighted by molar-refractivity contribution is 5.91. The maximum absolute atomic E-state index is 12.0. The monoisotopic (exact) mass is 269 g/mol. The number of carbonyl (C=O) groups excluding carboxylic acids is 1. The van der Waals surface area contributed by atoms with Crippen LogP contribution < -0.4 is 5.73 Å². The minimum atomic E-state index is -0.447. The second-order valence-electron chi connectivity index (χ2n) is 4.38. The molecular formula is C14H23NO4. The second-order valence-corrected chi connectivity index (χ2v) is 4.38. The lowest BCUT2D eigenvalue weighted by atomic mass is 10.2. The first-order valence-electron chi connectivity index (χ1n) is 6.67. The minimum Gasteiger partial charge on any atom is -0.454 e. The van der Waals surface area contributed by atoms with Crippen molar-refractivity contribution in [3.63, 3.8) is 0 Å². The van der Waals surface area contributed by atoms with Gasteiger partial charge in [-0.15, -0.1) is 0 Å². The molecule has 2 atom stereocenters. The van der Waals surface area contributed by atoms with E-state index in [-0.39, 0.29) is 6.10 Å². The molecule has 1 saturated heterocycles. The summed E-state index contributed by atoms with van der Waals surface area (Å²) < 4.78 is 16.4. The van der Waals surface area contributed by atoms with Crippen LogP contribution in [0.2, 0.25) is 0 Å². The van der Waals surface area contributed by atoms with Crippen molar-refractivity contribution in [2.45, 2.75) is 38.9 Å². The summed E-state index contributed by atoms with van der Waals surface area (Å²) >= 11 is 0. The predicted molar refractivity (Wildman–Crippen MR) is 72.4 cm³/mol. The molecule has 2 N–H and O–H groups in total. The highest BCUT2D eigenvalue weighted by Crippen LogP contribution is 2.12.